The molecule has 1 saturated carbocycles. The van der Waals surface area contributed by atoms with Crippen molar-refractivity contribution in [3.8, 4) is 0 Å². The summed E-state index contributed by atoms with van der Waals surface area (Å²) in [5, 5.41) is 12.9. The first-order chi connectivity index (χ1) is 7.36. The van der Waals surface area contributed by atoms with Crippen LogP contribution in [0.2, 0.25) is 0 Å². The van der Waals surface area contributed by atoms with Crippen molar-refractivity contribution in [2.24, 2.45) is 5.92 Å². The van der Waals surface area contributed by atoms with Crippen LogP contribution in [0.5, 0.6) is 0 Å². The van der Waals surface area contributed by atoms with E-state index < -0.39 is 0 Å². The van der Waals surface area contributed by atoms with Crippen LogP contribution in [0.4, 0.5) is 0 Å². The number of hydrogen-bond donors (Lipinski definition) is 2. The van der Waals surface area contributed by atoms with Crippen LogP contribution in [-0.2, 0) is 6.54 Å². The molecule has 0 aliphatic heterocycles. The Morgan fingerprint density at radius 3 is 3.07 bits per heavy atom. The van der Waals surface area contributed by atoms with Gasteiger partial charge in [-0.2, -0.15) is 0 Å². The fourth-order valence-corrected chi connectivity index (χ4v) is 2.06. The third-order valence-corrected chi connectivity index (χ3v) is 2.97. The first-order valence-electron chi connectivity index (χ1n) is 5.50. The predicted octanol–water partition coefficient (Wildman–Crippen LogP) is 0.727. The van der Waals surface area contributed by atoms with E-state index in [0.717, 1.165) is 38.0 Å². The van der Waals surface area contributed by atoms with Crippen LogP contribution in [0, 0.1) is 5.92 Å². The molecule has 0 amide bonds. The summed E-state index contributed by atoms with van der Waals surface area (Å²) in [6.07, 6.45) is 6.44. The average molecular weight is 207 g/mol. The Morgan fingerprint density at radius 1 is 1.47 bits per heavy atom. The van der Waals surface area contributed by atoms with Gasteiger partial charge in [-0.1, -0.05) is 6.42 Å². The second-order valence-corrected chi connectivity index (χ2v) is 4.09. The van der Waals surface area contributed by atoms with E-state index in [1.807, 2.05) is 6.07 Å². The van der Waals surface area contributed by atoms with Gasteiger partial charge in [0.2, 0.25) is 0 Å². The molecule has 1 aliphatic rings. The zero-order chi connectivity index (χ0) is 10.5. The predicted molar refractivity (Wildman–Crippen MR) is 57.1 cm³/mol. The van der Waals surface area contributed by atoms with E-state index in [1.54, 1.807) is 12.5 Å². The van der Waals surface area contributed by atoms with E-state index in [0.29, 0.717) is 5.92 Å². The summed E-state index contributed by atoms with van der Waals surface area (Å²) in [7, 11) is 0. The second kappa shape index (κ2) is 5.19. The van der Waals surface area contributed by atoms with Gasteiger partial charge in [-0.3, -0.25) is 0 Å². The molecule has 0 bridgehead atoms. The number of aromatic nitrogens is 2. The molecular formula is C11H17N3O. The highest BCUT2D eigenvalue weighted by molar-refractivity contribution is 4.97. The number of aliphatic hydroxyl groups is 1. The van der Waals surface area contributed by atoms with Crippen LogP contribution in [0.25, 0.3) is 0 Å². The summed E-state index contributed by atoms with van der Waals surface area (Å²) in [5.41, 5.74) is 0.998. The van der Waals surface area contributed by atoms with Crippen LogP contribution in [0.1, 0.15) is 25.0 Å². The highest BCUT2D eigenvalue weighted by Crippen LogP contribution is 2.24. The number of nitrogens with zero attached hydrogens (tertiary/aromatic N) is 2. The quantitative estimate of drug-likeness (QED) is 0.764. The van der Waals surface area contributed by atoms with Gasteiger partial charge in [-0.25, -0.2) is 9.97 Å². The van der Waals surface area contributed by atoms with Gasteiger partial charge in [0.15, 0.2) is 0 Å². The summed E-state index contributed by atoms with van der Waals surface area (Å²) < 4.78 is 0. The van der Waals surface area contributed by atoms with Crippen LogP contribution >= 0.6 is 0 Å². The number of aliphatic hydroxyl groups excluding tert-OH is 1. The summed E-state index contributed by atoms with van der Waals surface area (Å²) in [4.78, 5) is 7.99. The summed E-state index contributed by atoms with van der Waals surface area (Å²) in [6, 6.07) is 1.90. The molecule has 82 valence electrons. The first-order valence-corrected chi connectivity index (χ1v) is 5.50. The van der Waals surface area contributed by atoms with E-state index in [9.17, 15) is 5.11 Å². The molecule has 4 nitrogen and oxygen atoms in total. The molecule has 2 unspecified atom stereocenters. The fraction of sp³-hybridized carbons (Fsp3) is 0.636. The van der Waals surface area contributed by atoms with Gasteiger partial charge in [0.25, 0.3) is 0 Å². The Morgan fingerprint density at radius 2 is 2.40 bits per heavy atom. The second-order valence-electron chi connectivity index (χ2n) is 4.09. The lowest BCUT2D eigenvalue weighted by Crippen LogP contribution is -2.27. The highest BCUT2D eigenvalue weighted by atomic mass is 16.3. The normalized spacial score (nSPS) is 25.7. The SMILES string of the molecule is OC1CCCC1CNCc1ccncn1. The van der Waals surface area contributed by atoms with E-state index in [1.165, 1.54) is 0 Å². The molecule has 0 radical (unpaired) electrons. The monoisotopic (exact) mass is 207 g/mol. The Hall–Kier alpha value is -1.00. The first kappa shape index (κ1) is 10.5. The van der Waals surface area contributed by atoms with Crippen LogP contribution < -0.4 is 5.32 Å². The molecule has 2 rings (SSSR count). The van der Waals surface area contributed by atoms with Gasteiger partial charge in [0, 0.05) is 19.3 Å². The lowest BCUT2D eigenvalue weighted by Gasteiger charge is -2.14. The van der Waals surface area contributed by atoms with Gasteiger partial charge in [0.05, 0.1) is 11.8 Å². The Labute approximate surface area is 89.8 Å². The van der Waals surface area contributed by atoms with Crippen molar-refractivity contribution in [2.45, 2.75) is 31.9 Å². The topological polar surface area (TPSA) is 58.0 Å². The molecule has 0 aromatic carbocycles. The summed E-state index contributed by atoms with van der Waals surface area (Å²) in [6.45, 7) is 1.64. The number of hydrogen-bond acceptors (Lipinski definition) is 4. The van der Waals surface area contributed by atoms with E-state index in [2.05, 4.69) is 15.3 Å². The number of nitrogens with one attached hydrogen (secondary N) is 1. The van der Waals surface area contributed by atoms with Gasteiger partial charge >= 0.3 is 0 Å². The molecule has 1 fully saturated rings. The van der Waals surface area contributed by atoms with Crippen LogP contribution in [-0.4, -0.2) is 27.7 Å². The van der Waals surface area contributed by atoms with Gasteiger partial charge in [0.1, 0.15) is 6.33 Å². The standard InChI is InChI=1S/C11H17N3O/c15-11-3-1-2-9(11)6-13-7-10-4-5-12-8-14-10/h4-5,8-9,11,13,15H,1-3,6-7H2. The minimum atomic E-state index is -0.108. The van der Waals surface area contributed by atoms with Crippen molar-refractivity contribution in [3.05, 3.63) is 24.3 Å². The fourth-order valence-electron chi connectivity index (χ4n) is 2.06. The smallest absolute Gasteiger partial charge is 0.115 e. The maximum Gasteiger partial charge on any atom is 0.115 e. The number of rotatable bonds is 4. The van der Waals surface area contributed by atoms with Crippen molar-refractivity contribution >= 4 is 0 Å². The summed E-state index contributed by atoms with van der Waals surface area (Å²) in [5.74, 6) is 0.423. The molecule has 0 spiro atoms. The van der Waals surface area contributed by atoms with Gasteiger partial charge in [-0.05, 0) is 24.8 Å². The summed E-state index contributed by atoms with van der Waals surface area (Å²) >= 11 is 0. The van der Waals surface area contributed by atoms with Crippen molar-refractivity contribution in [3.63, 3.8) is 0 Å². The Bertz CT molecular complexity index is 291. The average Bonchev–Trinajstić information content (AvgIpc) is 2.66. The van der Waals surface area contributed by atoms with Crippen LogP contribution in [0.3, 0.4) is 0 Å². The molecule has 1 aliphatic carbocycles. The lowest BCUT2D eigenvalue weighted by molar-refractivity contribution is 0.131. The van der Waals surface area contributed by atoms with Crippen molar-refractivity contribution in [2.75, 3.05) is 6.54 Å². The largest absolute Gasteiger partial charge is 0.393 e. The van der Waals surface area contributed by atoms with Crippen molar-refractivity contribution in [1.29, 1.82) is 0 Å². The minimum absolute atomic E-state index is 0.108. The molecule has 1 heterocycles. The highest BCUT2D eigenvalue weighted by Gasteiger charge is 2.24. The van der Waals surface area contributed by atoms with Crippen molar-refractivity contribution in [1.82, 2.24) is 15.3 Å². The van der Waals surface area contributed by atoms with Crippen molar-refractivity contribution < 1.29 is 5.11 Å². The lowest BCUT2D eigenvalue weighted by atomic mass is 10.1. The molecular weight excluding hydrogens is 190 g/mol. The Kier molecular flexibility index (Phi) is 3.64. The zero-order valence-electron chi connectivity index (χ0n) is 8.76. The third-order valence-electron chi connectivity index (χ3n) is 2.97. The van der Waals surface area contributed by atoms with E-state index in [-0.39, 0.29) is 6.10 Å². The third kappa shape index (κ3) is 2.97. The molecule has 15 heavy (non-hydrogen) atoms. The maximum atomic E-state index is 9.62. The molecule has 2 N–H and O–H groups in total. The Balaban J connectivity index is 1.71. The minimum Gasteiger partial charge on any atom is -0.393 e. The molecule has 4 heteroatoms. The zero-order valence-corrected chi connectivity index (χ0v) is 8.76. The molecule has 0 saturated heterocycles. The van der Waals surface area contributed by atoms with Crippen LogP contribution in [0.15, 0.2) is 18.6 Å². The maximum absolute atomic E-state index is 9.62. The van der Waals surface area contributed by atoms with Gasteiger partial charge < -0.3 is 10.4 Å². The molecule has 1 aromatic rings. The van der Waals surface area contributed by atoms with Gasteiger partial charge in [-0.15, -0.1) is 0 Å². The van der Waals surface area contributed by atoms with E-state index in [4.69, 9.17) is 0 Å². The van der Waals surface area contributed by atoms with E-state index >= 15 is 0 Å². The molecule has 1 aromatic heterocycles. The molecule has 2 atom stereocenters.